The molecule has 4 nitrogen and oxygen atoms in total. The maximum Gasteiger partial charge on any atom is 0.242 e. The number of hydrogen-bond donors (Lipinski definition) is 2. The number of likely N-dealkylation sites (N-methyl/N-ethyl adjacent to an activating group) is 1. The first-order chi connectivity index (χ1) is 11.6. The number of nitrogen functional groups attached to an aromatic ring is 1. The molecule has 0 radical (unpaired) electrons. The molecule has 2 aromatic rings. The van der Waals surface area contributed by atoms with E-state index in [1.807, 2.05) is 61.5 Å². The van der Waals surface area contributed by atoms with E-state index in [2.05, 4.69) is 11.4 Å². The van der Waals surface area contributed by atoms with Crippen molar-refractivity contribution in [2.45, 2.75) is 31.3 Å². The highest BCUT2D eigenvalue weighted by atomic mass is 35.5. The van der Waals surface area contributed by atoms with Crippen molar-refractivity contribution in [1.82, 2.24) is 10.2 Å². The molecule has 1 aliphatic rings. The maximum absolute atomic E-state index is 13.0. The van der Waals surface area contributed by atoms with Crippen molar-refractivity contribution in [3.05, 3.63) is 65.2 Å². The van der Waals surface area contributed by atoms with Gasteiger partial charge in [0.15, 0.2) is 0 Å². The van der Waals surface area contributed by atoms with Crippen molar-refractivity contribution in [1.29, 1.82) is 0 Å². The number of aryl methyl sites for hydroxylation is 1. The minimum Gasteiger partial charge on any atom is -0.399 e. The second-order valence-corrected chi connectivity index (χ2v) is 6.69. The molecule has 0 saturated heterocycles. The lowest BCUT2D eigenvalue weighted by Gasteiger charge is -2.30. The Balaban J connectivity index is 0.00000169. The largest absolute Gasteiger partial charge is 0.399 e. The van der Waals surface area contributed by atoms with E-state index in [0.717, 1.165) is 30.5 Å². The van der Waals surface area contributed by atoms with E-state index in [-0.39, 0.29) is 42.8 Å². The van der Waals surface area contributed by atoms with Crippen LogP contribution in [0, 0.1) is 0 Å². The summed E-state index contributed by atoms with van der Waals surface area (Å²) in [4.78, 5) is 14.9. The summed E-state index contributed by atoms with van der Waals surface area (Å²) >= 11 is 0. The van der Waals surface area contributed by atoms with Gasteiger partial charge in [-0.3, -0.25) is 9.69 Å². The number of carbonyl (C=O) groups is 1. The van der Waals surface area contributed by atoms with Gasteiger partial charge in [-0.25, -0.2) is 0 Å². The Morgan fingerprint density at radius 2 is 1.85 bits per heavy atom. The van der Waals surface area contributed by atoms with Gasteiger partial charge >= 0.3 is 0 Å². The van der Waals surface area contributed by atoms with E-state index in [9.17, 15) is 4.79 Å². The third-order valence-corrected chi connectivity index (χ3v) is 4.68. The Kier molecular flexibility index (Phi) is 8.41. The first kappa shape index (κ1) is 22.3. The average Bonchev–Trinajstić information content (AvgIpc) is 2.55. The average molecular weight is 396 g/mol. The highest BCUT2D eigenvalue weighted by Crippen LogP contribution is 2.32. The number of nitrogens with zero attached hydrogens (tertiary/aromatic N) is 1. The van der Waals surface area contributed by atoms with Gasteiger partial charge in [0.05, 0.1) is 6.04 Å². The molecule has 0 spiro atoms. The zero-order chi connectivity index (χ0) is 17.1. The highest BCUT2D eigenvalue weighted by Gasteiger charge is 2.27. The molecule has 26 heavy (non-hydrogen) atoms. The first-order valence-electron chi connectivity index (χ1n) is 8.46. The van der Waals surface area contributed by atoms with Crippen LogP contribution < -0.4 is 11.1 Å². The van der Waals surface area contributed by atoms with Gasteiger partial charge in [-0.1, -0.05) is 36.4 Å². The summed E-state index contributed by atoms with van der Waals surface area (Å²) in [6.45, 7) is 0. The van der Waals surface area contributed by atoms with E-state index in [1.165, 1.54) is 11.1 Å². The molecule has 2 atom stereocenters. The number of hydrogen-bond acceptors (Lipinski definition) is 3. The molecule has 3 N–H and O–H groups in total. The van der Waals surface area contributed by atoms with Crippen LogP contribution in [0.1, 0.15) is 41.6 Å². The number of nitrogens with one attached hydrogen (secondary N) is 1. The van der Waals surface area contributed by atoms with E-state index in [1.54, 1.807) is 0 Å². The second-order valence-electron chi connectivity index (χ2n) is 6.69. The number of rotatable bonds is 4. The summed E-state index contributed by atoms with van der Waals surface area (Å²) in [7, 11) is 3.87. The first-order valence-corrected chi connectivity index (χ1v) is 8.46. The van der Waals surface area contributed by atoms with E-state index in [0.29, 0.717) is 0 Å². The molecular weight excluding hydrogens is 369 g/mol. The lowest BCUT2D eigenvalue weighted by Crippen LogP contribution is -2.39. The smallest absolute Gasteiger partial charge is 0.242 e. The normalized spacial score (nSPS) is 16.7. The van der Waals surface area contributed by atoms with Crippen molar-refractivity contribution in [3.63, 3.8) is 0 Å². The van der Waals surface area contributed by atoms with Crippen LogP contribution in [0.5, 0.6) is 0 Å². The minimum absolute atomic E-state index is 0. The van der Waals surface area contributed by atoms with Crippen LogP contribution in [-0.2, 0) is 11.2 Å². The Labute approximate surface area is 168 Å². The van der Waals surface area contributed by atoms with Crippen LogP contribution in [-0.4, -0.2) is 24.9 Å². The zero-order valence-electron chi connectivity index (χ0n) is 15.1. The fraction of sp³-hybridized carbons (Fsp3) is 0.350. The minimum atomic E-state index is -0.287. The predicted molar refractivity (Wildman–Crippen MR) is 112 cm³/mol. The molecule has 3 rings (SSSR count). The fourth-order valence-electron chi connectivity index (χ4n) is 3.55. The molecule has 0 fully saturated rings. The number of amides is 1. The van der Waals surface area contributed by atoms with Gasteiger partial charge in [-0.05, 0) is 62.2 Å². The number of halogens is 2. The second kappa shape index (κ2) is 9.81. The van der Waals surface area contributed by atoms with Crippen LogP contribution >= 0.6 is 24.8 Å². The molecule has 1 aliphatic carbocycles. The molecule has 0 aliphatic heterocycles. The lowest BCUT2D eigenvalue weighted by atomic mass is 9.87. The van der Waals surface area contributed by atoms with Gasteiger partial charge in [-0.2, -0.15) is 0 Å². The van der Waals surface area contributed by atoms with Gasteiger partial charge in [0.1, 0.15) is 6.04 Å². The summed E-state index contributed by atoms with van der Waals surface area (Å²) in [6, 6.07) is 15.7. The van der Waals surface area contributed by atoms with Crippen molar-refractivity contribution in [3.8, 4) is 0 Å². The maximum atomic E-state index is 13.0. The number of anilines is 1. The van der Waals surface area contributed by atoms with E-state index < -0.39 is 0 Å². The molecule has 2 unspecified atom stereocenters. The number of nitrogens with two attached hydrogens (primary N) is 1. The number of carbonyl (C=O) groups excluding carboxylic acids is 1. The Hall–Kier alpha value is -1.75. The zero-order valence-corrected chi connectivity index (χ0v) is 16.8. The van der Waals surface area contributed by atoms with Crippen LogP contribution in [0.4, 0.5) is 5.69 Å². The quantitative estimate of drug-likeness (QED) is 0.771. The van der Waals surface area contributed by atoms with Crippen molar-refractivity contribution >= 4 is 36.4 Å². The molecule has 0 aromatic heterocycles. The van der Waals surface area contributed by atoms with Gasteiger partial charge in [0, 0.05) is 5.69 Å². The molecule has 142 valence electrons. The summed E-state index contributed by atoms with van der Waals surface area (Å²) in [5.74, 6) is 0.0425. The lowest BCUT2D eigenvalue weighted by molar-refractivity contribution is -0.126. The SMILES string of the molecule is CN(C)C(C(=O)NC1CCCc2cc(N)ccc21)c1ccccc1.Cl.Cl. The van der Waals surface area contributed by atoms with Gasteiger partial charge in [0.25, 0.3) is 0 Å². The summed E-state index contributed by atoms with van der Waals surface area (Å²) in [5.41, 5.74) is 10.2. The van der Waals surface area contributed by atoms with E-state index >= 15 is 0 Å². The molecule has 1 amide bonds. The standard InChI is InChI=1S/C20H25N3O.2ClH/c1-23(2)19(14-7-4-3-5-8-14)20(24)22-18-10-6-9-15-13-16(21)11-12-17(15)18;;/h3-5,7-8,11-13,18-19H,6,9-10,21H2,1-2H3,(H,22,24);2*1H. The highest BCUT2D eigenvalue weighted by molar-refractivity contribution is 5.85. The third kappa shape index (κ3) is 4.91. The van der Waals surface area contributed by atoms with Gasteiger partial charge in [-0.15, -0.1) is 24.8 Å². The molecule has 0 bridgehead atoms. The fourth-order valence-corrected chi connectivity index (χ4v) is 3.55. The molecule has 6 heteroatoms. The summed E-state index contributed by atoms with van der Waals surface area (Å²) in [6.07, 6.45) is 3.07. The molecular formula is C20H27Cl2N3O. The van der Waals surface area contributed by atoms with E-state index in [4.69, 9.17) is 5.73 Å². The predicted octanol–water partition coefficient (Wildman–Crippen LogP) is 3.91. The summed E-state index contributed by atoms with van der Waals surface area (Å²) in [5, 5.41) is 3.25. The van der Waals surface area contributed by atoms with Crippen LogP contribution in [0.3, 0.4) is 0 Å². The van der Waals surface area contributed by atoms with Crippen molar-refractivity contribution < 1.29 is 4.79 Å². The Morgan fingerprint density at radius 3 is 2.50 bits per heavy atom. The number of fused-ring (bicyclic) bond motifs is 1. The van der Waals surface area contributed by atoms with Crippen LogP contribution in [0.25, 0.3) is 0 Å². The topological polar surface area (TPSA) is 58.4 Å². The van der Waals surface area contributed by atoms with Crippen LogP contribution in [0.2, 0.25) is 0 Å². The third-order valence-electron chi connectivity index (χ3n) is 4.68. The van der Waals surface area contributed by atoms with Crippen molar-refractivity contribution in [2.24, 2.45) is 0 Å². The van der Waals surface area contributed by atoms with Gasteiger partial charge < -0.3 is 11.1 Å². The van der Waals surface area contributed by atoms with Crippen molar-refractivity contribution in [2.75, 3.05) is 19.8 Å². The Morgan fingerprint density at radius 1 is 1.15 bits per heavy atom. The molecule has 2 aromatic carbocycles. The number of benzene rings is 2. The van der Waals surface area contributed by atoms with Gasteiger partial charge in [0.2, 0.25) is 5.91 Å². The monoisotopic (exact) mass is 395 g/mol. The summed E-state index contributed by atoms with van der Waals surface area (Å²) < 4.78 is 0. The molecule has 0 saturated carbocycles. The van der Waals surface area contributed by atoms with Crippen LogP contribution in [0.15, 0.2) is 48.5 Å². The molecule has 0 heterocycles. The Bertz CT molecular complexity index is 722.